The molecule has 1 aromatic heterocycles. The molecule has 2 rings (SSSR count). The molecule has 1 heterocycles. The Morgan fingerprint density at radius 2 is 2.29 bits per heavy atom. The molecule has 0 saturated heterocycles. The van der Waals surface area contributed by atoms with E-state index in [-0.39, 0.29) is 6.04 Å². The Labute approximate surface area is 114 Å². The summed E-state index contributed by atoms with van der Waals surface area (Å²) in [7, 11) is -3.44. The monoisotopic (exact) mass is 338 g/mol. The Morgan fingerprint density at radius 3 is 2.71 bits per heavy atom. The smallest absolute Gasteiger partial charge is 0.242 e. The van der Waals surface area contributed by atoms with E-state index >= 15 is 0 Å². The topological polar surface area (TPSA) is 72.2 Å². The minimum Gasteiger partial charge on any atom is -0.329 e. The van der Waals surface area contributed by atoms with E-state index in [4.69, 9.17) is 5.73 Å². The maximum Gasteiger partial charge on any atom is 0.242 e. The van der Waals surface area contributed by atoms with Crippen LogP contribution in [-0.2, 0) is 10.0 Å². The van der Waals surface area contributed by atoms with Crippen LogP contribution < -0.4 is 10.5 Å². The van der Waals surface area contributed by atoms with Crippen molar-refractivity contribution in [2.24, 2.45) is 11.7 Å². The van der Waals surface area contributed by atoms with Gasteiger partial charge in [0.1, 0.15) is 0 Å². The Morgan fingerprint density at radius 1 is 1.65 bits per heavy atom. The van der Waals surface area contributed by atoms with Crippen molar-refractivity contribution in [1.29, 1.82) is 0 Å². The molecule has 0 aromatic carbocycles. The van der Waals surface area contributed by atoms with Crippen LogP contribution >= 0.6 is 27.3 Å². The molecule has 0 bridgehead atoms. The number of hydrogen-bond acceptors (Lipinski definition) is 4. The van der Waals surface area contributed by atoms with E-state index in [9.17, 15) is 8.42 Å². The highest BCUT2D eigenvalue weighted by Gasteiger charge is 2.34. The number of nitrogens with two attached hydrogens (primary N) is 1. The van der Waals surface area contributed by atoms with Crippen molar-refractivity contribution in [3.05, 3.63) is 14.7 Å². The highest BCUT2D eigenvalue weighted by Crippen LogP contribution is 2.34. The van der Waals surface area contributed by atoms with Crippen LogP contribution in [0.15, 0.2) is 14.7 Å². The average Bonchev–Trinajstić information content (AvgIpc) is 3.01. The fourth-order valence-corrected chi connectivity index (χ4v) is 5.53. The van der Waals surface area contributed by atoms with E-state index in [1.807, 2.05) is 0 Å². The molecule has 0 radical (unpaired) electrons. The van der Waals surface area contributed by atoms with Crippen LogP contribution in [0.25, 0.3) is 0 Å². The molecule has 17 heavy (non-hydrogen) atoms. The molecule has 0 spiro atoms. The lowest BCUT2D eigenvalue weighted by molar-refractivity contribution is 0.519. The van der Waals surface area contributed by atoms with Gasteiger partial charge in [-0.2, -0.15) is 0 Å². The molecule has 1 atom stereocenters. The minimum absolute atomic E-state index is 0.127. The minimum atomic E-state index is -3.44. The molecule has 1 aliphatic carbocycles. The van der Waals surface area contributed by atoms with Gasteiger partial charge in [-0.25, -0.2) is 13.1 Å². The first-order chi connectivity index (χ1) is 7.94. The SMILES string of the molecule is Cc1sc(Br)cc1S(=O)(=O)NC(CN)C1CC1. The maximum absolute atomic E-state index is 12.2. The van der Waals surface area contributed by atoms with E-state index in [1.54, 1.807) is 13.0 Å². The van der Waals surface area contributed by atoms with E-state index in [0.29, 0.717) is 17.4 Å². The molecule has 1 saturated carbocycles. The van der Waals surface area contributed by atoms with Crippen LogP contribution in [-0.4, -0.2) is 21.0 Å². The molecule has 1 fully saturated rings. The van der Waals surface area contributed by atoms with Crippen molar-refractivity contribution in [3.63, 3.8) is 0 Å². The Bertz CT molecular complexity index is 508. The number of nitrogens with one attached hydrogen (secondary N) is 1. The third kappa shape index (κ3) is 3.08. The van der Waals surface area contributed by atoms with E-state index < -0.39 is 10.0 Å². The molecule has 4 nitrogen and oxygen atoms in total. The third-order valence-corrected chi connectivity index (χ3v) is 6.18. The summed E-state index contributed by atoms with van der Waals surface area (Å²) in [6, 6.07) is 1.51. The van der Waals surface area contributed by atoms with Crippen molar-refractivity contribution < 1.29 is 8.42 Å². The molecule has 0 amide bonds. The van der Waals surface area contributed by atoms with Crippen molar-refractivity contribution in [2.45, 2.75) is 30.7 Å². The average molecular weight is 339 g/mol. The second-order valence-electron chi connectivity index (χ2n) is 4.27. The molecular formula is C10H15BrN2O2S2. The van der Waals surface area contributed by atoms with Crippen LogP contribution in [0, 0.1) is 12.8 Å². The van der Waals surface area contributed by atoms with Crippen molar-refractivity contribution in [2.75, 3.05) is 6.54 Å². The highest BCUT2D eigenvalue weighted by molar-refractivity contribution is 9.11. The van der Waals surface area contributed by atoms with Gasteiger partial charge in [-0.15, -0.1) is 11.3 Å². The Hall–Kier alpha value is 0.0500. The molecule has 1 aliphatic rings. The first-order valence-corrected chi connectivity index (χ1v) is 8.51. The van der Waals surface area contributed by atoms with E-state index in [0.717, 1.165) is 21.5 Å². The van der Waals surface area contributed by atoms with Gasteiger partial charge in [0.15, 0.2) is 0 Å². The van der Waals surface area contributed by atoms with Crippen molar-refractivity contribution in [3.8, 4) is 0 Å². The van der Waals surface area contributed by atoms with Crippen LogP contribution in [0.1, 0.15) is 17.7 Å². The highest BCUT2D eigenvalue weighted by atomic mass is 79.9. The number of halogens is 1. The fraction of sp³-hybridized carbons (Fsp3) is 0.600. The second kappa shape index (κ2) is 4.97. The lowest BCUT2D eigenvalue weighted by Crippen LogP contribution is -2.41. The van der Waals surface area contributed by atoms with Gasteiger partial charge < -0.3 is 5.73 Å². The van der Waals surface area contributed by atoms with Crippen LogP contribution in [0.2, 0.25) is 0 Å². The van der Waals surface area contributed by atoms with Gasteiger partial charge in [0.25, 0.3) is 0 Å². The molecule has 96 valence electrons. The predicted molar refractivity (Wildman–Crippen MR) is 72.6 cm³/mol. The maximum atomic E-state index is 12.2. The molecule has 1 unspecified atom stereocenters. The number of rotatable bonds is 5. The Balaban J connectivity index is 2.21. The van der Waals surface area contributed by atoms with Crippen LogP contribution in [0.3, 0.4) is 0 Å². The third-order valence-electron chi connectivity index (χ3n) is 2.88. The summed E-state index contributed by atoms with van der Waals surface area (Å²) in [6.45, 7) is 2.16. The molecule has 1 aromatic rings. The van der Waals surface area contributed by atoms with Crippen LogP contribution in [0.5, 0.6) is 0 Å². The number of hydrogen-bond donors (Lipinski definition) is 2. The first-order valence-electron chi connectivity index (χ1n) is 5.42. The predicted octanol–water partition coefficient (Wildman–Crippen LogP) is 1.83. The van der Waals surface area contributed by atoms with E-state index in [1.165, 1.54) is 11.3 Å². The normalized spacial score (nSPS) is 18.3. The summed E-state index contributed by atoms with van der Waals surface area (Å²) >= 11 is 4.72. The standard InChI is InChI=1S/C10H15BrN2O2S2/c1-6-9(4-10(11)16-6)17(14,15)13-8(5-12)7-2-3-7/h4,7-8,13H,2-3,5,12H2,1H3. The number of sulfonamides is 1. The van der Waals surface area contributed by atoms with E-state index in [2.05, 4.69) is 20.7 Å². The number of thiophene rings is 1. The summed E-state index contributed by atoms with van der Waals surface area (Å²) in [4.78, 5) is 1.14. The quantitative estimate of drug-likeness (QED) is 0.860. The zero-order valence-corrected chi connectivity index (χ0v) is 12.7. The van der Waals surface area contributed by atoms with Gasteiger partial charge in [0.05, 0.1) is 8.68 Å². The van der Waals surface area contributed by atoms with Gasteiger partial charge in [-0.05, 0) is 47.7 Å². The van der Waals surface area contributed by atoms with Gasteiger partial charge in [-0.3, -0.25) is 0 Å². The molecular weight excluding hydrogens is 324 g/mol. The molecule has 0 aliphatic heterocycles. The summed E-state index contributed by atoms with van der Waals surface area (Å²) in [5.41, 5.74) is 5.61. The van der Waals surface area contributed by atoms with Gasteiger partial charge in [0.2, 0.25) is 10.0 Å². The zero-order chi connectivity index (χ0) is 12.6. The van der Waals surface area contributed by atoms with Gasteiger partial charge >= 0.3 is 0 Å². The van der Waals surface area contributed by atoms with Gasteiger partial charge in [-0.1, -0.05) is 0 Å². The van der Waals surface area contributed by atoms with Crippen molar-refractivity contribution in [1.82, 2.24) is 4.72 Å². The largest absolute Gasteiger partial charge is 0.329 e. The van der Waals surface area contributed by atoms with Gasteiger partial charge in [0, 0.05) is 17.5 Å². The summed E-state index contributed by atoms with van der Waals surface area (Å²) < 4.78 is 27.9. The first kappa shape index (κ1) is 13.5. The fourth-order valence-electron chi connectivity index (χ4n) is 1.80. The lowest BCUT2D eigenvalue weighted by atomic mass is 10.2. The van der Waals surface area contributed by atoms with Crippen LogP contribution in [0.4, 0.5) is 0 Å². The molecule has 7 heteroatoms. The zero-order valence-electron chi connectivity index (χ0n) is 9.44. The summed E-state index contributed by atoms with van der Waals surface area (Å²) in [5, 5.41) is 0. The number of aryl methyl sites for hydroxylation is 1. The Kier molecular flexibility index (Phi) is 3.94. The summed E-state index contributed by atoms with van der Waals surface area (Å²) in [5.74, 6) is 0.414. The lowest BCUT2D eigenvalue weighted by Gasteiger charge is -2.15. The molecule has 3 N–H and O–H groups in total. The summed E-state index contributed by atoms with van der Waals surface area (Å²) in [6.07, 6.45) is 2.13. The van der Waals surface area contributed by atoms with Crippen molar-refractivity contribution >= 4 is 37.3 Å². The second-order valence-corrected chi connectivity index (χ2v) is 8.59.